The lowest BCUT2D eigenvalue weighted by atomic mass is 10.3. The molecule has 2 nitrogen and oxygen atoms in total. The molecule has 0 aliphatic rings. The van der Waals surface area contributed by atoms with E-state index in [2.05, 4.69) is 31.9 Å². The summed E-state index contributed by atoms with van der Waals surface area (Å²) in [6.07, 6.45) is 0. The van der Waals surface area contributed by atoms with Crippen LogP contribution in [0.25, 0.3) is 0 Å². The van der Waals surface area contributed by atoms with Crippen molar-refractivity contribution in [2.75, 3.05) is 13.2 Å². The van der Waals surface area contributed by atoms with Gasteiger partial charge in [0, 0.05) is 16.0 Å². The van der Waals surface area contributed by atoms with Crippen molar-refractivity contribution in [3.8, 4) is 0 Å². The van der Waals surface area contributed by atoms with Crippen molar-refractivity contribution >= 4 is 43.2 Å². The fraction of sp³-hybridized carbons (Fsp3) is 0.500. The maximum atomic E-state index is 5.91. The molecule has 1 aromatic rings. The van der Waals surface area contributed by atoms with Gasteiger partial charge in [-0.1, -0.05) is 0 Å². The van der Waals surface area contributed by atoms with Gasteiger partial charge in [-0.2, -0.15) is 0 Å². The summed E-state index contributed by atoms with van der Waals surface area (Å²) >= 11 is 8.49. The summed E-state index contributed by atoms with van der Waals surface area (Å²) in [6, 6.07) is 2.01. The van der Waals surface area contributed by atoms with Gasteiger partial charge in [0.1, 0.15) is 0 Å². The number of halogens is 2. The van der Waals surface area contributed by atoms with Crippen molar-refractivity contribution in [1.29, 1.82) is 0 Å². The van der Waals surface area contributed by atoms with Crippen LogP contribution < -0.4 is 5.73 Å². The summed E-state index contributed by atoms with van der Waals surface area (Å²) < 4.78 is 7.38. The fourth-order valence-electron chi connectivity index (χ4n) is 0.873. The van der Waals surface area contributed by atoms with Crippen LogP contribution in [0, 0.1) is 0 Å². The first-order valence-electron chi connectivity index (χ1n) is 3.93. The molecule has 0 aliphatic carbocycles. The largest absolute Gasteiger partial charge is 0.380 e. The van der Waals surface area contributed by atoms with E-state index in [9.17, 15) is 0 Å². The number of rotatable bonds is 4. The van der Waals surface area contributed by atoms with Gasteiger partial charge in [0.25, 0.3) is 0 Å². The Bertz CT molecular complexity index is 258. The van der Waals surface area contributed by atoms with E-state index in [4.69, 9.17) is 10.5 Å². The SMILES string of the molecule is CCOCC(N)c1cc(Br)c(Br)s1. The van der Waals surface area contributed by atoms with Gasteiger partial charge in [0.15, 0.2) is 0 Å². The van der Waals surface area contributed by atoms with Crippen molar-refractivity contribution in [3.05, 3.63) is 19.2 Å². The van der Waals surface area contributed by atoms with Crippen LogP contribution >= 0.6 is 43.2 Å². The van der Waals surface area contributed by atoms with Gasteiger partial charge >= 0.3 is 0 Å². The molecule has 0 bridgehead atoms. The van der Waals surface area contributed by atoms with Crippen LogP contribution in [-0.2, 0) is 4.74 Å². The molecule has 0 amide bonds. The molecule has 0 saturated carbocycles. The molecule has 0 saturated heterocycles. The monoisotopic (exact) mass is 327 g/mol. The number of ether oxygens (including phenoxy) is 1. The van der Waals surface area contributed by atoms with Crippen molar-refractivity contribution in [3.63, 3.8) is 0 Å². The lowest BCUT2D eigenvalue weighted by molar-refractivity contribution is 0.134. The summed E-state index contributed by atoms with van der Waals surface area (Å²) in [5, 5.41) is 0. The molecule has 2 N–H and O–H groups in total. The zero-order valence-electron chi connectivity index (χ0n) is 7.22. The summed E-state index contributed by atoms with van der Waals surface area (Å²) in [6.45, 7) is 3.25. The third kappa shape index (κ3) is 3.32. The first kappa shape index (κ1) is 11.7. The van der Waals surface area contributed by atoms with Gasteiger partial charge in [0.2, 0.25) is 0 Å². The highest BCUT2D eigenvalue weighted by Gasteiger charge is 2.11. The molecule has 1 unspecified atom stereocenters. The zero-order valence-corrected chi connectivity index (χ0v) is 11.2. The first-order valence-corrected chi connectivity index (χ1v) is 6.33. The Balaban J connectivity index is 2.60. The third-order valence-corrected chi connectivity index (χ3v) is 4.92. The Kier molecular flexibility index (Phi) is 4.89. The molecule has 0 aromatic carbocycles. The van der Waals surface area contributed by atoms with Gasteiger partial charge in [-0.3, -0.25) is 0 Å². The van der Waals surface area contributed by atoms with Gasteiger partial charge < -0.3 is 10.5 Å². The minimum Gasteiger partial charge on any atom is -0.380 e. The van der Waals surface area contributed by atoms with Crippen LogP contribution in [0.2, 0.25) is 0 Å². The van der Waals surface area contributed by atoms with Crippen LogP contribution in [0.3, 0.4) is 0 Å². The first-order chi connectivity index (χ1) is 6.15. The topological polar surface area (TPSA) is 35.2 Å². The van der Waals surface area contributed by atoms with E-state index in [0.717, 1.165) is 13.1 Å². The summed E-state index contributed by atoms with van der Waals surface area (Å²) in [4.78, 5) is 1.13. The predicted molar refractivity (Wildman–Crippen MR) is 63.1 cm³/mol. The molecule has 0 aliphatic heterocycles. The van der Waals surface area contributed by atoms with Crippen molar-refractivity contribution in [1.82, 2.24) is 0 Å². The van der Waals surface area contributed by atoms with Gasteiger partial charge in [-0.25, -0.2) is 0 Å². The molecular formula is C8H11Br2NOS. The summed E-state index contributed by atoms with van der Waals surface area (Å²) in [7, 11) is 0. The maximum Gasteiger partial charge on any atom is 0.0843 e. The van der Waals surface area contributed by atoms with Crippen molar-refractivity contribution in [2.45, 2.75) is 13.0 Å². The van der Waals surface area contributed by atoms with Crippen LogP contribution in [0.5, 0.6) is 0 Å². The molecule has 0 radical (unpaired) electrons. The number of hydrogen-bond donors (Lipinski definition) is 1. The normalized spacial score (nSPS) is 13.2. The van der Waals surface area contributed by atoms with E-state index >= 15 is 0 Å². The maximum absolute atomic E-state index is 5.91. The quantitative estimate of drug-likeness (QED) is 0.920. The second kappa shape index (κ2) is 5.46. The Morgan fingerprint density at radius 2 is 2.31 bits per heavy atom. The minimum atomic E-state index is -0.0208. The molecule has 1 aromatic heterocycles. The molecule has 0 fully saturated rings. The molecule has 5 heteroatoms. The average Bonchev–Trinajstić information content (AvgIpc) is 2.43. The fourth-order valence-corrected chi connectivity index (χ4v) is 2.95. The Morgan fingerprint density at radius 1 is 1.62 bits per heavy atom. The molecule has 0 spiro atoms. The average molecular weight is 329 g/mol. The number of nitrogens with two attached hydrogens (primary N) is 1. The van der Waals surface area contributed by atoms with Gasteiger partial charge in [0.05, 0.1) is 16.4 Å². The lowest BCUT2D eigenvalue weighted by Crippen LogP contribution is -2.15. The van der Waals surface area contributed by atoms with Gasteiger partial charge in [-0.05, 0) is 44.8 Å². The Labute approximate surface area is 98.7 Å². The molecule has 1 heterocycles. The molecular weight excluding hydrogens is 318 g/mol. The van der Waals surface area contributed by atoms with Crippen LogP contribution in [0.15, 0.2) is 14.3 Å². The molecule has 74 valence electrons. The lowest BCUT2D eigenvalue weighted by Gasteiger charge is -2.08. The Morgan fingerprint density at radius 3 is 2.77 bits per heavy atom. The van der Waals surface area contributed by atoms with E-state index in [-0.39, 0.29) is 6.04 Å². The second-order valence-corrected chi connectivity index (χ2v) is 5.79. The number of hydrogen-bond acceptors (Lipinski definition) is 3. The second-order valence-electron chi connectivity index (χ2n) is 2.54. The van der Waals surface area contributed by atoms with Crippen LogP contribution in [-0.4, -0.2) is 13.2 Å². The van der Waals surface area contributed by atoms with E-state index in [1.807, 2.05) is 13.0 Å². The molecule has 13 heavy (non-hydrogen) atoms. The smallest absolute Gasteiger partial charge is 0.0843 e. The molecule has 1 rings (SSSR count). The number of thiophene rings is 1. The van der Waals surface area contributed by atoms with E-state index in [1.54, 1.807) is 11.3 Å². The van der Waals surface area contributed by atoms with E-state index < -0.39 is 0 Å². The highest BCUT2D eigenvalue weighted by molar-refractivity contribution is 9.13. The van der Waals surface area contributed by atoms with Crippen LogP contribution in [0.4, 0.5) is 0 Å². The summed E-state index contributed by atoms with van der Waals surface area (Å²) in [5.41, 5.74) is 5.91. The minimum absolute atomic E-state index is 0.0208. The van der Waals surface area contributed by atoms with Gasteiger partial charge in [-0.15, -0.1) is 11.3 Å². The van der Waals surface area contributed by atoms with E-state index in [0.29, 0.717) is 13.2 Å². The molecule has 1 atom stereocenters. The highest BCUT2D eigenvalue weighted by atomic mass is 79.9. The standard InChI is InChI=1S/C8H11Br2NOS/c1-2-12-4-6(11)7-3-5(9)8(10)13-7/h3,6H,2,4,11H2,1H3. The predicted octanol–water partition coefficient (Wildman–Crippen LogP) is 3.31. The van der Waals surface area contributed by atoms with Crippen LogP contribution in [0.1, 0.15) is 17.8 Å². The van der Waals surface area contributed by atoms with Crippen molar-refractivity contribution in [2.24, 2.45) is 5.73 Å². The zero-order chi connectivity index (χ0) is 9.84. The Hall–Kier alpha value is 0.580. The highest BCUT2D eigenvalue weighted by Crippen LogP contribution is 2.34. The third-order valence-electron chi connectivity index (χ3n) is 1.53. The summed E-state index contributed by atoms with van der Waals surface area (Å²) in [5.74, 6) is 0. The van der Waals surface area contributed by atoms with E-state index in [1.165, 1.54) is 0 Å². The van der Waals surface area contributed by atoms with Crippen molar-refractivity contribution < 1.29 is 4.74 Å².